The van der Waals surface area contributed by atoms with Crippen LogP contribution in [0.15, 0.2) is 29.3 Å². The summed E-state index contributed by atoms with van der Waals surface area (Å²) in [6.07, 6.45) is -2.46. The summed E-state index contributed by atoms with van der Waals surface area (Å²) in [7, 11) is 0. The van der Waals surface area contributed by atoms with E-state index in [2.05, 4.69) is 33.4 Å². The Bertz CT molecular complexity index is 621. The second-order valence-electron chi connectivity index (χ2n) is 6.72. The molecule has 1 aromatic carbocycles. The van der Waals surface area contributed by atoms with Crippen molar-refractivity contribution in [3.63, 3.8) is 0 Å². The minimum Gasteiger partial charge on any atom is -0.352 e. The van der Waals surface area contributed by atoms with Crippen LogP contribution in [0.5, 0.6) is 0 Å². The van der Waals surface area contributed by atoms with E-state index in [0.717, 1.165) is 25.5 Å². The lowest BCUT2D eigenvalue weighted by Gasteiger charge is -2.33. The molecule has 0 aromatic heterocycles. The summed E-state index contributed by atoms with van der Waals surface area (Å²) in [6.45, 7) is 4.35. The molecule has 4 nitrogen and oxygen atoms in total. The highest BCUT2D eigenvalue weighted by atomic mass is 127. The highest BCUT2D eigenvalue weighted by Gasteiger charge is 2.35. The van der Waals surface area contributed by atoms with Gasteiger partial charge in [0.15, 0.2) is 5.96 Å². The Balaban J connectivity index is 0.00000243. The molecule has 8 heteroatoms. The molecule has 1 unspecified atom stereocenters. The number of nitrogens with one attached hydrogen (secondary N) is 1. The summed E-state index contributed by atoms with van der Waals surface area (Å²) in [6, 6.07) is 8.40. The predicted octanol–water partition coefficient (Wildman–Crippen LogP) is 3.26. The Labute approximate surface area is 169 Å². The van der Waals surface area contributed by atoms with Crippen molar-refractivity contribution < 1.29 is 13.2 Å². The van der Waals surface area contributed by atoms with Gasteiger partial charge in [0.1, 0.15) is 0 Å². The Kier molecular flexibility index (Phi) is 7.57. The summed E-state index contributed by atoms with van der Waals surface area (Å²) in [5.41, 5.74) is 2.66. The Morgan fingerprint density at radius 2 is 1.96 bits per heavy atom. The Morgan fingerprint density at radius 3 is 2.65 bits per heavy atom. The number of likely N-dealkylation sites (tertiary alicyclic amines) is 1. The van der Waals surface area contributed by atoms with E-state index in [1.54, 1.807) is 0 Å². The van der Waals surface area contributed by atoms with E-state index in [4.69, 9.17) is 0 Å². The van der Waals surface area contributed by atoms with Gasteiger partial charge in [-0.3, -0.25) is 9.89 Å². The van der Waals surface area contributed by atoms with Gasteiger partial charge in [-0.15, -0.1) is 24.0 Å². The lowest BCUT2D eigenvalue weighted by atomic mass is 10.0. The summed E-state index contributed by atoms with van der Waals surface area (Å²) < 4.78 is 37.7. The van der Waals surface area contributed by atoms with Crippen LogP contribution in [0, 0.1) is 0 Å². The molecule has 0 aliphatic carbocycles. The molecule has 0 bridgehead atoms. The van der Waals surface area contributed by atoms with Crippen molar-refractivity contribution in [1.82, 2.24) is 15.1 Å². The van der Waals surface area contributed by atoms with E-state index in [0.29, 0.717) is 26.1 Å². The average molecular weight is 482 g/mol. The molecule has 2 aliphatic heterocycles. The van der Waals surface area contributed by atoms with Gasteiger partial charge in [0, 0.05) is 38.8 Å². The third-order valence-corrected chi connectivity index (χ3v) is 4.75. The number of nitrogens with zero attached hydrogens (tertiary/aromatic N) is 3. The van der Waals surface area contributed by atoms with Gasteiger partial charge in [0.25, 0.3) is 0 Å². The summed E-state index contributed by atoms with van der Waals surface area (Å²) in [5.74, 6) is 0.816. The average Bonchev–Trinajstić information content (AvgIpc) is 2.99. The quantitative estimate of drug-likeness (QED) is 0.408. The van der Waals surface area contributed by atoms with Gasteiger partial charge in [0.05, 0.1) is 6.54 Å². The van der Waals surface area contributed by atoms with Crippen LogP contribution in [-0.2, 0) is 13.0 Å². The highest BCUT2D eigenvalue weighted by molar-refractivity contribution is 14.0. The third kappa shape index (κ3) is 5.73. The molecule has 2 aliphatic rings. The van der Waals surface area contributed by atoms with Crippen molar-refractivity contribution in [2.75, 3.05) is 32.7 Å². The molecule has 0 saturated carbocycles. The third-order valence-electron chi connectivity index (χ3n) is 4.75. The fraction of sp³-hybridized carbons (Fsp3) is 0.611. The van der Waals surface area contributed by atoms with Crippen molar-refractivity contribution in [3.05, 3.63) is 35.4 Å². The molecule has 1 saturated heterocycles. The lowest BCUT2D eigenvalue weighted by molar-refractivity contribution is -0.143. The van der Waals surface area contributed by atoms with Crippen molar-refractivity contribution in [2.24, 2.45) is 4.99 Å². The van der Waals surface area contributed by atoms with Gasteiger partial charge in [-0.25, -0.2) is 0 Å². The topological polar surface area (TPSA) is 30.9 Å². The molecule has 1 atom stereocenters. The first-order valence-electron chi connectivity index (χ1n) is 8.86. The largest absolute Gasteiger partial charge is 0.401 e. The van der Waals surface area contributed by atoms with E-state index >= 15 is 0 Å². The van der Waals surface area contributed by atoms with Gasteiger partial charge in [-0.1, -0.05) is 24.3 Å². The van der Waals surface area contributed by atoms with Crippen molar-refractivity contribution >= 4 is 29.9 Å². The smallest absolute Gasteiger partial charge is 0.352 e. The molecule has 0 amide bonds. The molecule has 2 heterocycles. The van der Waals surface area contributed by atoms with Crippen LogP contribution in [0.2, 0.25) is 0 Å². The molecule has 0 radical (unpaired) electrons. The maximum Gasteiger partial charge on any atom is 0.401 e. The fourth-order valence-electron chi connectivity index (χ4n) is 3.59. The van der Waals surface area contributed by atoms with Gasteiger partial charge in [-0.2, -0.15) is 13.2 Å². The lowest BCUT2D eigenvalue weighted by Crippen LogP contribution is -2.49. The number of rotatable bonds is 3. The van der Waals surface area contributed by atoms with E-state index in [9.17, 15) is 13.2 Å². The normalized spacial score (nSPS) is 21.3. The van der Waals surface area contributed by atoms with E-state index in [1.807, 2.05) is 13.0 Å². The molecule has 3 rings (SSSR count). The summed E-state index contributed by atoms with van der Waals surface area (Å²) in [5, 5.41) is 3.40. The van der Waals surface area contributed by atoms with Gasteiger partial charge >= 0.3 is 6.18 Å². The van der Waals surface area contributed by atoms with Crippen LogP contribution < -0.4 is 5.32 Å². The molecule has 146 valence electrons. The van der Waals surface area contributed by atoms with Crippen LogP contribution >= 0.6 is 24.0 Å². The standard InChI is InChI=1S/C18H25F3N4.HI/c1-2-22-17(23-16-8-9-24(12-16)13-18(19,20)21)25-10-7-14-5-3-4-6-15(14)11-25;/h3-6,16H,2,7-13H2,1H3,(H,22,23);1H. The zero-order chi connectivity index (χ0) is 17.9. The zero-order valence-electron chi connectivity index (χ0n) is 14.9. The highest BCUT2D eigenvalue weighted by Crippen LogP contribution is 2.21. The number of benzene rings is 1. The number of aliphatic imine (C=N–C) groups is 1. The van der Waals surface area contributed by atoms with Crippen molar-refractivity contribution in [1.29, 1.82) is 0 Å². The van der Waals surface area contributed by atoms with Crippen LogP contribution in [-0.4, -0.2) is 60.7 Å². The molecule has 1 aromatic rings. The van der Waals surface area contributed by atoms with E-state index in [1.165, 1.54) is 16.0 Å². The predicted molar refractivity (Wildman–Crippen MR) is 108 cm³/mol. The minimum absolute atomic E-state index is 0. The maximum absolute atomic E-state index is 12.6. The second kappa shape index (κ2) is 9.25. The van der Waals surface area contributed by atoms with Crippen LogP contribution in [0.4, 0.5) is 13.2 Å². The number of guanidine groups is 1. The van der Waals surface area contributed by atoms with Crippen LogP contribution in [0.3, 0.4) is 0 Å². The van der Waals surface area contributed by atoms with Gasteiger partial charge < -0.3 is 10.2 Å². The summed E-state index contributed by atoms with van der Waals surface area (Å²) in [4.78, 5) is 8.25. The second-order valence-corrected chi connectivity index (χ2v) is 6.72. The first kappa shape index (κ1) is 21.3. The maximum atomic E-state index is 12.6. The van der Waals surface area contributed by atoms with E-state index < -0.39 is 12.7 Å². The Morgan fingerprint density at radius 1 is 1.23 bits per heavy atom. The molecular formula is C18H26F3IN4. The number of alkyl halides is 3. The van der Waals surface area contributed by atoms with Crippen molar-refractivity contribution in [2.45, 2.75) is 38.5 Å². The molecule has 26 heavy (non-hydrogen) atoms. The molecule has 1 N–H and O–H groups in total. The monoisotopic (exact) mass is 482 g/mol. The van der Waals surface area contributed by atoms with Crippen molar-refractivity contribution in [3.8, 4) is 0 Å². The fourth-order valence-corrected chi connectivity index (χ4v) is 3.59. The molecule has 0 spiro atoms. The van der Waals surface area contributed by atoms with E-state index in [-0.39, 0.29) is 30.0 Å². The van der Waals surface area contributed by atoms with Crippen LogP contribution in [0.1, 0.15) is 24.5 Å². The zero-order valence-corrected chi connectivity index (χ0v) is 17.3. The first-order valence-corrected chi connectivity index (χ1v) is 8.86. The van der Waals surface area contributed by atoms with Gasteiger partial charge in [0.2, 0.25) is 0 Å². The minimum atomic E-state index is -4.13. The number of halogens is 4. The molecule has 1 fully saturated rings. The van der Waals surface area contributed by atoms with Gasteiger partial charge in [-0.05, 0) is 30.9 Å². The SMILES string of the molecule is CCN=C(NC1CCN(CC(F)(F)F)C1)N1CCc2ccccc2C1.I. The Hall–Kier alpha value is -1.03. The summed E-state index contributed by atoms with van der Waals surface area (Å²) >= 11 is 0. The number of hydrogen-bond donors (Lipinski definition) is 1. The number of fused-ring (bicyclic) bond motifs is 1. The van der Waals surface area contributed by atoms with Crippen LogP contribution in [0.25, 0.3) is 0 Å². The number of hydrogen-bond acceptors (Lipinski definition) is 2. The first-order chi connectivity index (χ1) is 11.9. The molecular weight excluding hydrogens is 456 g/mol.